The molecule has 3 rings (SSSR count). The molecule has 9 heteroatoms. The van der Waals surface area contributed by atoms with Crippen LogP contribution in [-0.2, 0) is 6.61 Å². The van der Waals surface area contributed by atoms with Crippen LogP contribution in [0.2, 0.25) is 0 Å². The summed E-state index contributed by atoms with van der Waals surface area (Å²) in [5, 5.41) is 9.89. The number of aromatic nitrogens is 1. The van der Waals surface area contributed by atoms with Gasteiger partial charge in [-0.05, 0) is 30.0 Å². The lowest BCUT2D eigenvalue weighted by Crippen LogP contribution is -2.29. The number of methoxy groups -OCH3 is 1. The number of thiazole rings is 1. The van der Waals surface area contributed by atoms with Crippen molar-refractivity contribution in [3.05, 3.63) is 62.7 Å². The first kappa shape index (κ1) is 20.8. The number of para-hydroxylation sites is 2. The highest BCUT2D eigenvalue weighted by Gasteiger charge is 2.12. The largest absolute Gasteiger partial charge is 0.493 e. The van der Waals surface area contributed by atoms with Crippen molar-refractivity contribution in [3.8, 4) is 11.5 Å². The summed E-state index contributed by atoms with van der Waals surface area (Å²) >= 11 is 2.76. The highest BCUT2D eigenvalue weighted by molar-refractivity contribution is 7.12. The molecule has 7 nitrogen and oxygen atoms in total. The average Bonchev–Trinajstić information content (AvgIpc) is 3.44. The molecule has 1 aromatic carbocycles. The van der Waals surface area contributed by atoms with E-state index >= 15 is 0 Å². The van der Waals surface area contributed by atoms with E-state index in [-0.39, 0.29) is 18.4 Å². The molecule has 0 aliphatic carbocycles. The van der Waals surface area contributed by atoms with Gasteiger partial charge in [0.25, 0.3) is 11.8 Å². The maximum absolute atomic E-state index is 12.2. The summed E-state index contributed by atoms with van der Waals surface area (Å²) < 4.78 is 11.0. The van der Waals surface area contributed by atoms with Gasteiger partial charge in [-0.1, -0.05) is 18.2 Å². The minimum absolute atomic E-state index is 0.0921. The first-order valence-corrected chi connectivity index (χ1v) is 10.7. The Labute approximate surface area is 176 Å². The van der Waals surface area contributed by atoms with Crippen LogP contribution in [0.3, 0.4) is 0 Å². The third-order valence-electron chi connectivity index (χ3n) is 3.87. The van der Waals surface area contributed by atoms with Gasteiger partial charge in [-0.15, -0.1) is 22.7 Å². The fraction of sp³-hybridized carbons (Fsp3) is 0.250. The molecule has 0 radical (unpaired) electrons. The summed E-state index contributed by atoms with van der Waals surface area (Å²) in [6.45, 7) is 1.20. The van der Waals surface area contributed by atoms with Gasteiger partial charge in [-0.25, -0.2) is 4.98 Å². The molecule has 0 aliphatic rings. The fourth-order valence-corrected chi connectivity index (χ4v) is 3.76. The second-order valence-corrected chi connectivity index (χ2v) is 7.80. The minimum Gasteiger partial charge on any atom is -0.493 e. The number of amides is 2. The Kier molecular flexibility index (Phi) is 7.60. The van der Waals surface area contributed by atoms with Gasteiger partial charge in [-0.2, -0.15) is 0 Å². The first-order valence-electron chi connectivity index (χ1n) is 8.97. The van der Waals surface area contributed by atoms with Gasteiger partial charge in [0.15, 0.2) is 11.5 Å². The molecule has 0 saturated carbocycles. The number of benzene rings is 1. The van der Waals surface area contributed by atoms with Crippen molar-refractivity contribution >= 4 is 34.5 Å². The molecule has 2 N–H and O–H groups in total. The Balaban J connectivity index is 1.38. The zero-order valence-corrected chi connectivity index (χ0v) is 17.5. The monoisotopic (exact) mass is 431 g/mol. The number of carbonyl (C=O) groups is 2. The quantitative estimate of drug-likeness (QED) is 0.481. The zero-order valence-electron chi connectivity index (χ0n) is 15.8. The molecule has 2 heterocycles. The predicted molar refractivity (Wildman–Crippen MR) is 113 cm³/mol. The summed E-state index contributed by atoms with van der Waals surface area (Å²) in [4.78, 5) is 29.0. The van der Waals surface area contributed by atoms with Crippen molar-refractivity contribution in [1.82, 2.24) is 15.6 Å². The molecule has 0 atom stereocenters. The number of nitrogens with one attached hydrogen (secondary N) is 2. The van der Waals surface area contributed by atoms with Gasteiger partial charge >= 0.3 is 0 Å². The van der Waals surface area contributed by atoms with Crippen LogP contribution in [-0.4, -0.2) is 37.0 Å². The van der Waals surface area contributed by atoms with Crippen LogP contribution >= 0.6 is 22.7 Å². The lowest BCUT2D eigenvalue weighted by atomic mass is 10.3. The number of nitrogens with zero attached hydrogens (tertiary/aromatic N) is 1. The van der Waals surface area contributed by atoms with Crippen LogP contribution in [0.15, 0.2) is 47.2 Å². The van der Waals surface area contributed by atoms with Crippen molar-refractivity contribution in [3.63, 3.8) is 0 Å². The fourth-order valence-electron chi connectivity index (χ4n) is 2.44. The Morgan fingerprint density at radius 1 is 1.00 bits per heavy atom. The molecule has 0 bridgehead atoms. The predicted octanol–water partition coefficient (Wildman–Crippen LogP) is 3.34. The molecule has 29 heavy (non-hydrogen) atoms. The maximum Gasteiger partial charge on any atom is 0.270 e. The van der Waals surface area contributed by atoms with Gasteiger partial charge in [0.1, 0.15) is 17.3 Å². The van der Waals surface area contributed by atoms with E-state index in [4.69, 9.17) is 9.47 Å². The van der Waals surface area contributed by atoms with Gasteiger partial charge in [-0.3, -0.25) is 9.59 Å². The number of hydrogen-bond acceptors (Lipinski definition) is 7. The van der Waals surface area contributed by atoms with Crippen molar-refractivity contribution in [2.75, 3.05) is 20.2 Å². The number of hydrogen-bond donors (Lipinski definition) is 2. The SMILES string of the molecule is COc1ccccc1OCc1nc(C(=O)NCCCNC(=O)c2cccs2)cs1. The topological polar surface area (TPSA) is 89.6 Å². The van der Waals surface area contributed by atoms with E-state index in [2.05, 4.69) is 15.6 Å². The number of ether oxygens (including phenoxy) is 2. The van der Waals surface area contributed by atoms with E-state index in [0.717, 1.165) is 0 Å². The van der Waals surface area contributed by atoms with Crippen molar-refractivity contribution < 1.29 is 19.1 Å². The van der Waals surface area contributed by atoms with Gasteiger partial charge < -0.3 is 20.1 Å². The van der Waals surface area contributed by atoms with Crippen molar-refractivity contribution in [2.24, 2.45) is 0 Å². The third kappa shape index (κ3) is 6.03. The van der Waals surface area contributed by atoms with E-state index in [1.54, 1.807) is 18.6 Å². The Morgan fingerprint density at radius 2 is 1.76 bits per heavy atom. The first-order chi connectivity index (χ1) is 14.2. The van der Waals surface area contributed by atoms with Crippen LogP contribution in [0.1, 0.15) is 31.6 Å². The summed E-state index contributed by atoms with van der Waals surface area (Å²) in [5.74, 6) is 0.939. The van der Waals surface area contributed by atoms with Gasteiger partial charge in [0.2, 0.25) is 0 Å². The Hall–Kier alpha value is -2.91. The van der Waals surface area contributed by atoms with E-state index in [0.29, 0.717) is 46.6 Å². The van der Waals surface area contributed by atoms with Gasteiger partial charge in [0, 0.05) is 18.5 Å². The lowest BCUT2D eigenvalue weighted by Gasteiger charge is -2.08. The highest BCUT2D eigenvalue weighted by atomic mass is 32.1. The van der Waals surface area contributed by atoms with Gasteiger partial charge in [0.05, 0.1) is 12.0 Å². The highest BCUT2D eigenvalue weighted by Crippen LogP contribution is 2.27. The molecule has 0 aliphatic heterocycles. The summed E-state index contributed by atoms with van der Waals surface area (Å²) in [6.07, 6.45) is 0.636. The summed E-state index contributed by atoms with van der Waals surface area (Å²) in [5.41, 5.74) is 0.358. The Morgan fingerprint density at radius 3 is 2.48 bits per heavy atom. The van der Waals surface area contributed by atoms with Crippen LogP contribution in [0.25, 0.3) is 0 Å². The standard InChI is InChI=1S/C20H21N3O4S2/c1-26-15-6-2-3-7-16(15)27-12-18-23-14(13-29-18)19(24)21-9-5-10-22-20(25)17-8-4-11-28-17/h2-4,6-8,11,13H,5,9-10,12H2,1H3,(H,21,24)(H,22,25). The molecule has 0 saturated heterocycles. The molecule has 152 valence electrons. The van der Waals surface area contributed by atoms with E-state index < -0.39 is 0 Å². The number of rotatable bonds is 10. The van der Waals surface area contributed by atoms with Crippen molar-refractivity contribution in [2.45, 2.75) is 13.0 Å². The van der Waals surface area contributed by atoms with E-state index in [9.17, 15) is 9.59 Å². The average molecular weight is 432 g/mol. The number of carbonyl (C=O) groups excluding carboxylic acids is 2. The van der Waals surface area contributed by atoms with Crippen LogP contribution < -0.4 is 20.1 Å². The zero-order chi connectivity index (χ0) is 20.5. The van der Waals surface area contributed by atoms with Crippen LogP contribution in [0.4, 0.5) is 0 Å². The smallest absolute Gasteiger partial charge is 0.270 e. The second kappa shape index (κ2) is 10.6. The molecular weight excluding hydrogens is 410 g/mol. The maximum atomic E-state index is 12.2. The second-order valence-electron chi connectivity index (χ2n) is 5.91. The molecule has 2 amide bonds. The molecule has 0 unspecified atom stereocenters. The Bertz CT molecular complexity index is 941. The normalized spacial score (nSPS) is 10.4. The molecular formula is C20H21N3O4S2. The molecule has 3 aromatic rings. The van der Waals surface area contributed by atoms with E-state index in [1.165, 1.54) is 22.7 Å². The minimum atomic E-state index is -0.241. The summed E-state index contributed by atoms with van der Waals surface area (Å²) in [7, 11) is 1.58. The lowest BCUT2D eigenvalue weighted by molar-refractivity contribution is 0.0948. The molecule has 0 fully saturated rings. The number of thiophene rings is 1. The van der Waals surface area contributed by atoms with Crippen LogP contribution in [0, 0.1) is 0 Å². The van der Waals surface area contributed by atoms with E-state index in [1.807, 2.05) is 35.7 Å². The van der Waals surface area contributed by atoms with Crippen LogP contribution in [0.5, 0.6) is 11.5 Å². The third-order valence-corrected chi connectivity index (χ3v) is 5.57. The molecule has 2 aromatic heterocycles. The molecule has 0 spiro atoms. The summed E-state index contributed by atoms with van der Waals surface area (Å²) in [6, 6.07) is 11.0. The van der Waals surface area contributed by atoms with Crippen molar-refractivity contribution in [1.29, 1.82) is 0 Å².